The summed E-state index contributed by atoms with van der Waals surface area (Å²) < 4.78 is 18.4. The third kappa shape index (κ3) is 3.40. The second kappa shape index (κ2) is 7.36. The predicted octanol–water partition coefficient (Wildman–Crippen LogP) is 2.89. The smallest absolute Gasteiger partial charge is 0.293 e. The first-order valence-electron chi connectivity index (χ1n) is 9.78. The van der Waals surface area contributed by atoms with Crippen molar-refractivity contribution in [3.63, 3.8) is 0 Å². The molecule has 2 aromatic heterocycles. The van der Waals surface area contributed by atoms with Crippen molar-refractivity contribution in [2.24, 2.45) is 0 Å². The number of benzene rings is 1. The number of likely N-dealkylation sites (tertiary alicyclic amines) is 1. The standard InChI is InChI=1S/C21H20FN5O2/c22-15-5-3-13(4-6-15)17-10-19(29-26-17)21(28)27-9-1-2-18(27)20-24-12-14-11-23-8-7-16(14)25-20/h3-6,10,12,18,23H,1-2,7-9,11H2/t18-/m0/s1. The number of amides is 1. The quantitative estimate of drug-likeness (QED) is 0.737. The highest BCUT2D eigenvalue weighted by Gasteiger charge is 2.34. The highest BCUT2D eigenvalue weighted by atomic mass is 19.1. The lowest BCUT2D eigenvalue weighted by Gasteiger charge is -2.24. The Morgan fingerprint density at radius 1 is 1.28 bits per heavy atom. The third-order valence-corrected chi connectivity index (χ3v) is 5.50. The molecule has 1 fully saturated rings. The zero-order chi connectivity index (χ0) is 19.8. The number of halogens is 1. The Labute approximate surface area is 166 Å². The average Bonchev–Trinajstić information content (AvgIpc) is 3.44. The number of nitrogens with zero attached hydrogens (tertiary/aromatic N) is 4. The SMILES string of the molecule is O=C(c1cc(-c2ccc(F)cc2)no1)N1CCC[C@H]1c1ncc2c(n1)CCNC2. The van der Waals surface area contributed by atoms with Gasteiger partial charge in [-0.15, -0.1) is 0 Å². The van der Waals surface area contributed by atoms with Crippen molar-refractivity contribution in [3.8, 4) is 11.3 Å². The topological polar surface area (TPSA) is 84.2 Å². The zero-order valence-corrected chi connectivity index (χ0v) is 15.8. The maximum absolute atomic E-state index is 13.1. The molecule has 29 heavy (non-hydrogen) atoms. The minimum absolute atomic E-state index is 0.165. The molecule has 1 amide bonds. The van der Waals surface area contributed by atoms with Crippen molar-refractivity contribution in [1.82, 2.24) is 25.3 Å². The van der Waals surface area contributed by atoms with Crippen molar-refractivity contribution in [3.05, 3.63) is 65.2 Å². The number of carbonyl (C=O) groups is 1. The summed E-state index contributed by atoms with van der Waals surface area (Å²) in [6.45, 7) is 2.31. The normalized spacial score (nSPS) is 18.7. The van der Waals surface area contributed by atoms with Gasteiger partial charge in [0.15, 0.2) is 5.82 Å². The van der Waals surface area contributed by atoms with E-state index in [1.807, 2.05) is 6.20 Å². The van der Waals surface area contributed by atoms with E-state index in [9.17, 15) is 9.18 Å². The molecule has 4 heterocycles. The summed E-state index contributed by atoms with van der Waals surface area (Å²) in [6.07, 6.45) is 4.44. The summed E-state index contributed by atoms with van der Waals surface area (Å²) >= 11 is 0. The molecule has 0 spiro atoms. The van der Waals surface area contributed by atoms with Gasteiger partial charge in [0, 0.05) is 55.1 Å². The van der Waals surface area contributed by atoms with Crippen molar-refractivity contribution in [2.75, 3.05) is 13.1 Å². The monoisotopic (exact) mass is 393 g/mol. The van der Waals surface area contributed by atoms with E-state index in [1.165, 1.54) is 12.1 Å². The molecule has 0 aliphatic carbocycles. The Balaban J connectivity index is 1.39. The zero-order valence-electron chi connectivity index (χ0n) is 15.8. The minimum atomic E-state index is -0.325. The van der Waals surface area contributed by atoms with Crippen LogP contribution in [0.2, 0.25) is 0 Å². The van der Waals surface area contributed by atoms with E-state index < -0.39 is 0 Å². The van der Waals surface area contributed by atoms with E-state index in [0.29, 0.717) is 23.6 Å². The lowest BCUT2D eigenvalue weighted by Crippen LogP contribution is -2.32. The first-order valence-corrected chi connectivity index (χ1v) is 9.78. The summed E-state index contributed by atoms with van der Waals surface area (Å²) in [5.41, 5.74) is 3.38. The van der Waals surface area contributed by atoms with Crippen LogP contribution in [-0.4, -0.2) is 39.0 Å². The second-order valence-corrected chi connectivity index (χ2v) is 7.37. The Kier molecular flexibility index (Phi) is 4.55. The lowest BCUT2D eigenvalue weighted by atomic mass is 10.1. The largest absolute Gasteiger partial charge is 0.350 e. The van der Waals surface area contributed by atoms with Crippen molar-refractivity contribution >= 4 is 5.91 Å². The van der Waals surface area contributed by atoms with Gasteiger partial charge in [-0.1, -0.05) is 5.16 Å². The summed E-state index contributed by atoms with van der Waals surface area (Å²) in [4.78, 5) is 24.1. The van der Waals surface area contributed by atoms with Crippen LogP contribution in [0.25, 0.3) is 11.3 Å². The molecule has 1 N–H and O–H groups in total. The number of hydrogen-bond donors (Lipinski definition) is 1. The highest BCUT2D eigenvalue weighted by molar-refractivity contribution is 5.92. The first-order chi connectivity index (χ1) is 14.2. The minimum Gasteiger partial charge on any atom is -0.350 e. The number of fused-ring (bicyclic) bond motifs is 1. The number of rotatable bonds is 3. The van der Waals surface area contributed by atoms with E-state index in [1.54, 1.807) is 23.1 Å². The summed E-state index contributed by atoms with van der Waals surface area (Å²) in [5.74, 6) is 0.304. The third-order valence-electron chi connectivity index (χ3n) is 5.50. The summed E-state index contributed by atoms with van der Waals surface area (Å²) in [5, 5.41) is 7.29. The first kappa shape index (κ1) is 17.9. The van der Waals surface area contributed by atoms with Crippen LogP contribution in [0.1, 0.15) is 46.5 Å². The summed E-state index contributed by atoms with van der Waals surface area (Å²) in [7, 11) is 0. The Morgan fingerprint density at radius 3 is 3.00 bits per heavy atom. The van der Waals surface area contributed by atoms with Gasteiger partial charge in [-0.25, -0.2) is 14.4 Å². The maximum Gasteiger partial charge on any atom is 0.293 e. The maximum atomic E-state index is 13.1. The molecule has 1 saturated heterocycles. The number of aromatic nitrogens is 3. The van der Waals surface area contributed by atoms with Gasteiger partial charge in [-0.2, -0.15) is 0 Å². The van der Waals surface area contributed by atoms with Crippen LogP contribution in [0.5, 0.6) is 0 Å². The van der Waals surface area contributed by atoms with E-state index in [4.69, 9.17) is 9.51 Å². The van der Waals surface area contributed by atoms with Crippen molar-refractivity contribution in [1.29, 1.82) is 0 Å². The van der Waals surface area contributed by atoms with Crippen LogP contribution >= 0.6 is 0 Å². The molecule has 7 nitrogen and oxygen atoms in total. The number of carbonyl (C=O) groups excluding carboxylic acids is 1. The van der Waals surface area contributed by atoms with E-state index in [0.717, 1.165) is 43.6 Å². The Hall–Kier alpha value is -3.13. The van der Waals surface area contributed by atoms with Gasteiger partial charge in [0.1, 0.15) is 11.5 Å². The van der Waals surface area contributed by atoms with Crippen molar-refractivity contribution < 1.29 is 13.7 Å². The highest BCUT2D eigenvalue weighted by Crippen LogP contribution is 2.32. The van der Waals surface area contributed by atoms with Gasteiger partial charge in [0.2, 0.25) is 5.76 Å². The molecule has 0 saturated carbocycles. The predicted molar refractivity (Wildman–Crippen MR) is 102 cm³/mol. The molecule has 1 aromatic carbocycles. The Morgan fingerprint density at radius 2 is 2.14 bits per heavy atom. The number of nitrogens with one attached hydrogen (secondary N) is 1. The van der Waals surface area contributed by atoms with E-state index in [2.05, 4.69) is 15.5 Å². The molecule has 8 heteroatoms. The van der Waals surface area contributed by atoms with Crippen LogP contribution in [0.4, 0.5) is 4.39 Å². The lowest BCUT2D eigenvalue weighted by molar-refractivity contribution is 0.0687. The molecular weight excluding hydrogens is 373 g/mol. The summed E-state index contributed by atoms with van der Waals surface area (Å²) in [6, 6.07) is 7.36. The molecule has 3 aromatic rings. The second-order valence-electron chi connectivity index (χ2n) is 7.37. The van der Waals surface area contributed by atoms with E-state index >= 15 is 0 Å². The molecule has 2 aliphatic heterocycles. The Bertz CT molecular complexity index is 1050. The van der Waals surface area contributed by atoms with Crippen molar-refractivity contribution in [2.45, 2.75) is 31.8 Å². The fraction of sp³-hybridized carbons (Fsp3) is 0.333. The van der Waals surface area contributed by atoms with Crippen LogP contribution in [0, 0.1) is 5.82 Å². The van der Waals surface area contributed by atoms with Gasteiger partial charge >= 0.3 is 0 Å². The van der Waals surface area contributed by atoms with Gasteiger partial charge in [-0.05, 0) is 37.1 Å². The average molecular weight is 393 g/mol. The van der Waals surface area contributed by atoms with Gasteiger partial charge in [0.25, 0.3) is 5.91 Å². The van der Waals surface area contributed by atoms with Gasteiger partial charge in [-0.3, -0.25) is 4.79 Å². The molecule has 2 aliphatic rings. The van der Waals surface area contributed by atoms with Gasteiger partial charge in [0.05, 0.1) is 6.04 Å². The van der Waals surface area contributed by atoms with Gasteiger partial charge < -0.3 is 14.7 Å². The fourth-order valence-electron chi connectivity index (χ4n) is 3.96. The van der Waals surface area contributed by atoms with Crippen LogP contribution in [0.3, 0.4) is 0 Å². The molecule has 148 valence electrons. The van der Waals surface area contributed by atoms with Crippen LogP contribution in [-0.2, 0) is 13.0 Å². The van der Waals surface area contributed by atoms with E-state index in [-0.39, 0.29) is 23.5 Å². The van der Waals surface area contributed by atoms with Crippen LogP contribution < -0.4 is 5.32 Å². The molecule has 0 bridgehead atoms. The molecule has 1 atom stereocenters. The van der Waals surface area contributed by atoms with Crippen LogP contribution in [0.15, 0.2) is 41.1 Å². The molecule has 0 radical (unpaired) electrons. The molecular formula is C21H20FN5O2. The molecule has 5 rings (SSSR count). The fourth-order valence-corrected chi connectivity index (χ4v) is 3.96. The number of hydrogen-bond acceptors (Lipinski definition) is 6. The molecule has 0 unspecified atom stereocenters.